The van der Waals surface area contributed by atoms with E-state index in [1.165, 1.54) is 18.2 Å². The summed E-state index contributed by atoms with van der Waals surface area (Å²) < 4.78 is 49.9. The summed E-state index contributed by atoms with van der Waals surface area (Å²) in [5.74, 6) is 0.0417. The lowest BCUT2D eigenvalue weighted by Gasteiger charge is -2.08. The Morgan fingerprint density at radius 1 is 1.00 bits per heavy atom. The van der Waals surface area contributed by atoms with Crippen molar-refractivity contribution in [2.45, 2.75) is 13.3 Å². The van der Waals surface area contributed by atoms with E-state index in [0.717, 1.165) is 5.52 Å². The lowest BCUT2D eigenvalue weighted by Crippen LogP contribution is -2.16. The summed E-state index contributed by atoms with van der Waals surface area (Å²) in [7, 11) is 3.52. The highest BCUT2D eigenvalue weighted by atomic mass is 19.4. The number of carbonyl (C=O) groups excluding carboxylic acids is 1. The van der Waals surface area contributed by atoms with Gasteiger partial charge in [0, 0.05) is 20.2 Å². The van der Waals surface area contributed by atoms with Gasteiger partial charge in [0.25, 0.3) is 0 Å². The van der Waals surface area contributed by atoms with Gasteiger partial charge in [-0.15, -0.1) is 13.2 Å². The second-order valence-electron chi connectivity index (χ2n) is 6.74. The van der Waals surface area contributed by atoms with Crippen molar-refractivity contribution in [3.8, 4) is 5.75 Å². The van der Waals surface area contributed by atoms with E-state index in [-0.39, 0.29) is 12.4 Å². The van der Waals surface area contributed by atoms with Gasteiger partial charge < -0.3 is 18.6 Å². The van der Waals surface area contributed by atoms with Crippen molar-refractivity contribution < 1.29 is 27.4 Å². The molecule has 0 saturated heterocycles. The van der Waals surface area contributed by atoms with Crippen LogP contribution in [0.5, 0.6) is 5.75 Å². The van der Waals surface area contributed by atoms with Gasteiger partial charge in [0.15, 0.2) is 0 Å². The number of fused-ring (bicyclic) bond motifs is 2. The zero-order valence-electron chi connectivity index (χ0n) is 16.8. The van der Waals surface area contributed by atoms with Crippen LogP contribution in [-0.2, 0) is 18.8 Å². The number of anilines is 2. The van der Waals surface area contributed by atoms with Crippen molar-refractivity contribution in [1.82, 2.24) is 19.1 Å². The van der Waals surface area contributed by atoms with E-state index in [1.54, 1.807) is 48.4 Å². The molecule has 0 radical (unpaired) electrons. The fourth-order valence-electron chi connectivity index (χ4n) is 3.24. The first-order valence-electron chi connectivity index (χ1n) is 9.29. The number of carbonyl (C=O) groups is 1. The summed E-state index contributed by atoms with van der Waals surface area (Å²) in [6, 6.07) is 8.99. The molecule has 11 heteroatoms. The number of alkyl halides is 3. The molecule has 1 N–H and O–H groups in total. The third-order valence-corrected chi connectivity index (χ3v) is 4.70. The Balaban J connectivity index is 1.67. The molecule has 0 saturated carbocycles. The van der Waals surface area contributed by atoms with Crippen LogP contribution in [0.25, 0.3) is 22.1 Å². The first-order valence-corrected chi connectivity index (χ1v) is 9.29. The Kier molecular flexibility index (Phi) is 4.96. The average molecular weight is 433 g/mol. The third-order valence-electron chi connectivity index (χ3n) is 4.70. The lowest BCUT2D eigenvalue weighted by molar-refractivity contribution is -0.274. The van der Waals surface area contributed by atoms with Gasteiger partial charge in [-0.3, -0.25) is 5.32 Å². The van der Waals surface area contributed by atoms with Gasteiger partial charge in [-0.05, 0) is 37.3 Å². The number of halogens is 3. The fraction of sp³-hybridized carbons (Fsp3) is 0.250. The molecule has 31 heavy (non-hydrogen) atoms. The van der Waals surface area contributed by atoms with Gasteiger partial charge >= 0.3 is 12.3 Å². The molecule has 0 unspecified atom stereocenters. The van der Waals surface area contributed by atoms with Gasteiger partial charge in [-0.1, -0.05) is 0 Å². The molecule has 0 aliphatic carbocycles. The van der Waals surface area contributed by atoms with Crippen molar-refractivity contribution in [1.29, 1.82) is 0 Å². The highest BCUT2D eigenvalue weighted by Gasteiger charge is 2.31. The minimum atomic E-state index is -4.78. The van der Waals surface area contributed by atoms with Gasteiger partial charge in [0.1, 0.15) is 5.75 Å². The maximum absolute atomic E-state index is 12.5. The van der Waals surface area contributed by atoms with E-state index in [2.05, 4.69) is 20.0 Å². The standard InChI is InChI=1S/C20H18F3N5O3/c1-4-30-17(29)11-5-7-15-13(9-11)24-18(27(15)2)26-19-25-14-10-12(31-20(21,22)23)6-8-16(14)28(19)3/h5-10H,4H2,1-3H3,(H,24,25,26). The second-order valence-corrected chi connectivity index (χ2v) is 6.74. The fourth-order valence-corrected chi connectivity index (χ4v) is 3.24. The maximum Gasteiger partial charge on any atom is 0.573 e. The van der Waals surface area contributed by atoms with Gasteiger partial charge in [-0.2, -0.15) is 0 Å². The number of esters is 1. The van der Waals surface area contributed by atoms with Crippen LogP contribution >= 0.6 is 0 Å². The van der Waals surface area contributed by atoms with Crippen molar-refractivity contribution in [3.05, 3.63) is 42.0 Å². The summed E-state index contributed by atoms with van der Waals surface area (Å²) in [6.45, 7) is 2.00. The van der Waals surface area contributed by atoms with Gasteiger partial charge in [0.05, 0.1) is 34.2 Å². The third kappa shape index (κ3) is 3.98. The van der Waals surface area contributed by atoms with Crippen LogP contribution in [0.2, 0.25) is 0 Å². The van der Waals surface area contributed by atoms with E-state index in [4.69, 9.17) is 4.74 Å². The molecule has 2 heterocycles. The van der Waals surface area contributed by atoms with E-state index < -0.39 is 12.3 Å². The van der Waals surface area contributed by atoms with E-state index in [9.17, 15) is 18.0 Å². The Labute approximate surface area is 174 Å². The molecule has 4 aromatic rings. The summed E-state index contributed by atoms with van der Waals surface area (Å²) in [5, 5.41) is 3.09. The average Bonchev–Trinajstić information content (AvgIpc) is 3.17. The molecule has 4 rings (SSSR count). The Morgan fingerprint density at radius 3 is 2.16 bits per heavy atom. The number of ether oxygens (including phenoxy) is 2. The topological polar surface area (TPSA) is 83.2 Å². The molecule has 8 nitrogen and oxygen atoms in total. The second kappa shape index (κ2) is 7.49. The quantitative estimate of drug-likeness (QED) is 0.473. The first-order chi connectivity index (χ1) is 14.7. The van der Waals surface area contributed by atoms with Gasteiger partial charge in [-0.25, -0.2) is 14.8 Å². The summed E-state index contributed by atoms with van der Waals surface area (Å²) in [4.78, 5) is 20.8. The van der Waals surface area contributed by atoms with Gasteiger partial charge in [0.2, 0.25) is 11.9 Å². The highest BCUT2D eigenvalue weighted by molar-refractivity contribution is 5.94. The molecular formula is C20H18F3N5O3. The SMILES string of the molecule is CCOC(=O)c1ccc2c(c1)nc(Nc1nc3cc(OC(F)(F)F)ccc3n1C)n2C. The molecule has 0 amide bonds. The molecule has 0 aliphatic heterocycles. The molecule has 0 aliphatic rings. The number of aromatic nitrogens is 4. The van der Waals surface area contributed by atoms with Crippen molar-refractivity contribution in [2.75, 3.05) is 11.9 Å². The maximum atomic E-state index is 12.5. The number of hydrogen-bond donors (Lipinski definition) is 1. The number of nitrogens with zero attached hydrogens (tertiary/aromatic N) is 4. The summed E-state index contributed by atoms with van der Waals surface area (Å²) in [6.07, 6.45) is -4.78. The largest absolute Gasteiger partial charge is 0.573 e. The first kappa shape index (κ1) is 20.5. The summed E-state index contributed by atoms with van der Waals surface area (Å²) >= 11 is 0. The molecule has 0 atom stereocenters. The van der Waals surface area contributed by atoms with Crippen LogP contribution in [0.3, 0.4) is 0 Å². The number of imidazole rings is 2. The number of hydrogen-bond acceptors (Lipinski definition) is 6. The predicted octanol–water partition coefficient (Wildman–Crippen LogP) is 4.28. The van der Waals surface area contributed by atoms with Crippen LogP contribution in [0.1, 0.15) is 17.3 Å². The van der Waals surface area contributed by atoms with Crippen LogP contribution in [-0.4, -0.2) is 38.0 Å². The number of rotatable bonds is 5. The number of benzene rings is 2. The van der Waals surface area contributed by atoms with Crippen molar-refractivity contribution >= 4 is 39.9 Å². The molecule has 0 fully saturated rings. The molecular weight excluding hydrogens is 415 g/mol. The monoisotopic (exact) mass is 433 g/mol. The summed E-state index contributed by atoms with van der Waals surface area (Å²) in [5.41, 5.74) is 2.68. The smallest absolute Gasteiger partial charge is 0.462 e. The number of nitrogens with one attached hydrogen (secondary N) is 1. The zero-order chi connectivity index (χ0) is 22.3. The molecule has 162 valence electrons. The number of aryl methyl sites for hydroxylation is 2. The minimum Gasteiger partial charge on any atom is -0.462 e. The van der Waals surface area contributed by atoms with Crippen LogP contribution in [0.4, 0.5) is 25.1 Å². The Hall–Kier alpha value is -3.76. The molecule has 0 bridgehead atoms. The van der Waals surface area contributed by atoms with Crippen molar-refractivity contribution in [2.24, 2.45) is 14.1 Å². The normalized spacial score (nSPS) is 11.8. The van der Waals surface area contributed by atoms with E-state index in [1.807, 2.05) is 0 Å². The van der Waals surface area contributed by atoms with Crippen molar-refractivity contribution in [3.63, 3.8) is 0 Å². The van der Waals surface area contributed by atoms with Crippen LogP contribution in [0.15, 0.2) is 36.4 Å². The predicted molar refractivity (Wildman–Crippen MR) is 107 cm³/mol. The molecule has 2 aromatic heterocycles. The van der Waals surface area contributed by atoms with Crippen LogP contribution < -0.4 is 10.1 Å². The zero-order valence-corrected chi connectivity index (χ0v) is 16.8. The Morgan fingerprint density at radius 2 is 1.58 bits per heavy atom. The van der Waals surface area contributed by atoms with Crippen LogP contribution in [0, 0.1) is 0 Å². The molecule has 0 spiro atoms. The minimum absolute atomic E-state index is 0.272. The molecule has 2 aromatic carbocycles. The Bertz CT molecular complexity index is 1290. The highest BCUT2D eigenvalue weighted by Crippen LogP contribution is 2.29. The van der Waals surface area contributed by atoms with E-state index in [0.29, 0.717) is 34.0 Å². The lowest BCUT2D eigenvalue weighted by atomic mass is 10.2. The van der Waals surface area contributed by atoms with E-state index >= 15 is 0 Å².